The number of nitrogens with one attached hydrogen (secondary N) is 1. The van der Waals surface area contributed by atoms with Crippen molar-refractivity contribution in [3.05, 3.63) is 12.2 Å². The largest absolute Gasteiger partial charge is 0.465 e. The molecule has 1 fully saturated rings. The second kappa shape index (κ2) is 3.59. The fourth-order valence-corrected chi connectivity index (χ4v) is 2.51. The molecule has 1 aliphatic carbocycles. The average Bonchev–Trinajstić information content (AvgIpc) is 2.55. The maximum Gasteiger partial charge on any atom is 0.320 e. The third-order valence-corrected chi connectivity index (χ3v) is 3.34. The Morgan fingerprint density at radius 3 is 3.06 bits per heavy atom. The summed E-state index contributed by atoms with van der Waals surface area (Å²) >= 11 is 0. The summed E-state index contributed by atoms with van der Waals surface area (Å²) in [5, 5.41) is 12.8. The summed E-state index contributed by atoms with van der Waals surface area (Å²) in [5.41, 5.74) is -2.58. The van der Waals surface area contributed by atoms with Crippen LogP contribution in [0.5, 0.6) is 0 Å². The zero-order valence-corrected chi connectivity index (χ0v) is 9.16. The van der Waals surface area contributed by atoms with Gasteiger partial charge < -0.3 is 15.2 Å². The summed E-state index contributed by atoms with van der Waals surface area (Å²) in [6.07, 6.45) is 4.33. The summed E-state index contributed by atoms with van der Waals surface area (Å²) < 4.78 is 4.98. The Bertz CT molecular complexity index is 365. The standard InChI is InChI=1S/C11H15NO4/c1-2-16-9(14)10-5-3-6-11(10,15)12-8(13)4-7-10/h4,7,15H,2-3,5-6H2,1H3,(H,12,13)/t10-,11-/m1/s1. The zero-order chi connectivity index (χ0) is 11.8. The molecular weight excluding hydrogens is 210 g/mol. The second-order valence-corrected chi connectivity index (χ2v) is 4.23. The average molecular weight is 225 g/mol. The first-order chi connectivity index (χ1) is 7.54. The van der Waals surface area contributed by atoms with Crippen LogP contribution in [0.1, 0.15) is 26.2 Å². The SMILES string of the molecule is CCOC(=O)[C@@]12C=CC(=O)N[C@@]1(O)CCC2. The van der Waals surface area contributed by atoms with Crippen molar-refractivity contribution in [1.82, 2.24) is 5.32 Å². The summed E-state index contributed by atoms with van der Waals surface area (Å²) in [7, 11) is 0. The van der Waals surface area contributed by atoms with E-state index in [9.17, 15) is 14.7 Å². The van der Waals surface area contributed by atoms with E-state index in [0.29, 0.717) is 19.3 Å². The van der Waals surface area contributed by atoms with E-state index in [1.807, 2.05) is 0 Å². The van der Waals surface area contributed by atoms with Crippen LogP contribution in [0.15, 0.2) is 12.2 Å². The molecule has 16 heavy (non-hydrogen) atoms. The van der Waals surface area contributed by atoms with Crippen LogP contribution in [0, 0.1) is 5.41 Å². The van der Waals surface area contributed by atoms with Gasteiger partial charge in [0.25, 0.3) is 0 Å². The molecule has 1 saturated carbocycles. The van der Waals surface area contributed by atoms with Gasteiger partial charge in [-0.2, -0.15) is 0 Å². The second-order valence-electron chi connectivity index (χ2n) is 4.23. The fourth-order valence-electron chi connectivity index (χ4n) is 2.51. The van der Waals surface area contributed by atoms with E-state index in [1.54, 1.807) is 6.92 Å². The summed E-state index contributed by atoms with van der Waals surface area (Å²) in [4.78, 5) is 23.2. The minimum atomic E-state index is -1.48. The molecule has 0 bridgehead atoms. The lowest BCUT2D eigenvalue weighted by atomic mass is 9.77. The third kappa shape index (κ3) is 1.35. The number of hydrogen-bond donors (Lipinski definition) is 2. The van der Waals surface area contributed by atoms with E-state index in [-0.39, 0.29) is 12.5 Å². The monoisotopic (exact) mass is 225 g/mol. The molecular formula is C11H15NO4. The van der Waals surface area contributed by atoms with Crippen molar-refractivity contribution in [2.75, 3.05) is 6.61 Å². The van der Waals surface area contributed by atoms with Crippen molar-refractivity contribution < 1.29 is 19.4 Å². The van der Waals surface area contributed by atoms with Crippen LogP contribution >= 0.6 is 0 Å². The minimum Gasteiger partial charge on any atom is -0.465 e. The van der Waals surface area contributed by atoms with Crippen LogP contribution in [0.4, 0.5) is 0 Å². The number of carbonyl (C=O) groups is 2. The topological polar surface area (TPSA) is 75.6 Å². The Labute approximate surface area is 93.5 Å². The summed E-state index contributed by atoms with van der Waals surface area (Å²) in [6, 6.07) is 0. The summed E-state index contributed by atoms with van der Waals surface area (Å²) in [6.45, 7) is 1.98. The number of hydrogen-bond acceptors (Lipinski definition) is 4. The van der Waals surface area contributed by atoms with Crippen molar-refractivity contribution in [3.63, 3.8) is 0 Å². The minimum absolute atomic E-state index is 0.262. The molecule has 0 aromatic heterocycles. The Hall–Kier alpha value is -1.36. The van der Waals surface area contributed by atoms with E-state index in [2.05, 4.69) is 5.32 Å². The van der Waals surface area contributed by atoms with Crippen LogP contribution in [0.2, 0.25) is 0 Å². The van der Waals surface area contributed by atoms with Crippen molar-refractivity contribution in [2.45, 2.75) is 31.9 Å². The van der Waals surface area contributed by atoms with Gasteiger partial charge in [0.2, 0.25) is 5.91 Å². The first-order valence-corrected chi connectivity index (χ1v) is 5.45. The maximum atomic E-state index is 11.9. The molecule has 2 atom stereocenters. The van der Waals surface area contributed by atoms with Gasteiger partial charge in [-0.1, -0.05) is 6.08 Å². The molecule has 1 aliphatic heterocycles. The summed E-state index contributed by atoms with van der Waals surface area (Å²) in [5.74, 6) is -0.837. The first-order valence-electron chi connectivity index (χ1n) is 5.45. The van der Waals surface area contributed by atoms with Crippen molar-refractivity contribution in [1.29, 1.82) is 0 Å². The van der Waals surface area contributed by atoms with Crippen molar-refractivity contribution in [2.24, 2.45) is 5.41 Å². The predicted molar refractivity (Wildman–Crippen MR) is 55.1 cm³/mol. The molecule has 0 spiro atoms. The van der Waals surface area contributed by atoms with Gasteiger partial charge in [-0.25, -0.2) is 0 Å². The number of fused-ring (bicyclic) bond motifs is 1. The van der Waals surface area contributed by atoms with Crippen molar-refractivity contribution >= 4 is 11.9 Å². The van der Waals surface area contributed by atoms with Crippen LogP contribution in [-0.4, -0.2) is 29.3 Å². The molecule has 1 heterocycles. The zero-order valence-electron chi connectivity index (χ0n) is 9.16. The smallest absolute Gasteiger partial charge is 0.320 e. The molecule has 0 aromatic carbocycles. The molecule has 88 valence electrons. The molecule has 0 radical (unpaired) electrons. The molecule has 5 heteroatoms. The predicted octanol–water partition coefficient (Wildman–Crippen LogP) is 0.0944. The van der Waals surface area contributed by atoms with E-state index >= 15 is 0 Å². The number of carbonyl (C=O) groups excluding carboxylic acids is 2. The van der Waals surface area contributed by atoms with E-state index in [1.165, 1.54) is 12.2 Å². The number of esters is 1. The molecule has 1 amide bonds. The third-order valence-electron chi connectivity index (χ3n) is 3.34. The van der Waals surface area contributed by atoms with Gasteiger partial charge in [-0.3, -0.25) is 9.59 Å². The van der Waals surface area contributed by atoms with Crippen LogP contribution in [0.3, 0.4) is 0 Å². The Morgan fingerprint density at radius 2 is 2.38 bits per heavy atom. The number of aliphatic hydroxyl groups is 1. The first kappa shape index (κ1) is 11.1. The van der Waals surface area contributed by atoms with E-state index in [4.69, 9.17) is 4.74 Å². The van der Waals surface area contributed by atoms with Gasteiger partial charge >= 0.3 is 5.97 Å². The van der Waals surface area contributed by atoms with Gasteiger partial charge in [0.05, 0.1) is 6.61 Å². The highest BCUT2D eigenvalue weighted by molar-refractivity contribution is 5.94. The lowest BCUT2D eigenvalue weighted by Crippen LogP contribution is -2.61. The molecule has 5 nitrogen and oxygen atoms in total. The molecule has 2 rings (SSSR count). The Morgan fingerprint density at radius 1 is 1.62 bits per heavy atom. The normalized spacial score (nSPS) is 36.8. The highest BCUT2D eigenvalue weighted by Gasteiger charge is 2.60. The van der Waals surface area contributed by atoms with Crippen LogP contribution < -0.4 is 5.32 Å². The Kier molecular flexibility index (Phi) is 2.50. The molecule has 0 saturated heterocycles. The van der Waals surface area contributed by atoms with E-state index in [0.717, 1.165) is 0 Å². The van der Waals surface area contributed by atoms with Crippen molar-refractivity contribution in [3.8, 4) is 0 Å². The molecule has 0 aromatic rings. The van der Waals surface area contributed by atoms with Crippen LogP contribution in [0.25, 0.3) is 0 Å². The number of ether oxygens (including phenoxy) is 1. The highest BCUT2D eigenvalue weighted by atomic mass is 16.5. The fraction of sp³-hybridized carbons (Fsp3) is 0.636. The lowest BCUT2D eigenvalue weighted by Gasteiger charge is -2.40. The van der Waals surface area contributed by atoms with E-state index < -0.39 is 17.1 Å². The highest BCUT2D eigenvalue weighted by Crippen LogP contribution is 2.48. The quantitative estimate of drug-likeness (QED) is 0.653. The molecule has 2 aliphatic rings. The van der Waals surface area contributed by atoms with Gasteiger partial charge in [0, 0.05) is 6.08 Å². The van der Waals surface area contributed by atoms with Gasteiger partial charge in [0.1, 0.15) is 5.41 Å². The number of rotatable bonds is 2. The molecule has 2 N–H and O–H groups in total. The van der Waals surface area contributed by atoms with Gasteiger partial charge in [-0.15, -0.1) is 0 Å². The van der Waals surface area contributed by atoms with Gasteiger partial charge in [0.15, 0.2) is 5.72 Å². The lowest BCUT2D eigenvalue weighted by molar-refractivity contribution is -0.170. The van der Waals surface area contributed by atoms with Crippen LogP contribution in [-0.2, 0) is 14.3 Å². The maximum absolute atomic E-state index is 11.9. The molecule has 0 unspecified atom stereocenters. The van der Waals surface area contributed by atoms with Gasteiger partial charge in [-0.05, 0) is 26.2 Å². The Balaban J connectivity index is 2.39. The number of amides is 1.